The summed E-state index contributed by atoms with van der Waals surface area (Å²) in [5.41, 5.74) is 1.27. The Morgan fingerprint density at radius 1 is 1.21 bits per heavy atom. The third kappa shape index (κ3) is 4.50. The van der Waals surface area contributed by atoms with Crippen LogP contribution in [0.25, 0.3) is 0 Å². The Labute approximate surface area is 172 Å². The fourth-order valence-corrected chi connectivity index (χ4v) is 4.02. The minimum atomic E-state index is 0.407. The Balaban J connectivity index is 1.40. The summed E-state index contributed by atoms with van der Waals surface area (Å²) in [7, 11) is 1.85. The highest BCUT2D eigenvalue weighted by Gasteiger charge is 2.28. The standard InChI is InChI=1S/C22H29N7/c1-18-8-11-28(16-20(18)29-12-9-24-17-29)22(23-2)26-14-21-25-10-13-27(21)15-19-6-4-3-5-7-19/h3-7,9-10,12-13,17-18,20H,8,11,14-16H2,1-2H3,(H,23,26). The summed E-state index contributed by atoms with van der Waals surface area (Å²) < 4.78 is 4.40. The van der Waals surface area contributed by atoms with Gasteiger partial charge in [0.05, 0.1) is 18.9 Å². The Hall–Kier alpha value is -3.09. The maximum atomic E-state index is 4.55. The summed E-state index contributed by atoms with van der Waals surface area (Å²) in [4.78, 5) is 15.6. The smallest absolute Gasteiger partial charge is 0.194 e. The number of imidazole rings is 2. The van der Waals surface area contributed by atoms with Crippen molar-refractivity contribution in [2.24, 2.45) is 10.9 Å². The summed E-state index contributed by atoms with van der Waals surface area (Å²) in [5.74, 6) is 2.55. The van der Waals surface area contributed by atoms with Gasteiger partial charge in [-0.05, 0) is 17.9 Å². The van der Waals surface area contributed by atoms with E-state index in [1.54, 1.807) is 0 Å². The fraction of sp³-hybridized carbons (Fsp3) is 0.409. The van der Waals surface area contributed by atoms with Crippen LogP contribution in [0.15, 0.2) is 66.4 Å². The Bertz CT molecular complexity index is 914. The first-order chi connectivity index (χ1) is 14.2. The zero-order valence-electron chi connectivity index (χ0n) is 17.1. The van der Waals surface area contributed by atoms with Crippen molar-refractivity contribution in [1.29, 1.82) is 0 Å². The second-order valence-corrected chi connectivity index (χ2v) is 7.65. The van der Waals surface area contributed by atoms with Gasteiger partial charge in [0, 0.05) is 51.5 Å². The van der Waals surface area contributed by atoms with Gasteiger partial charge in [-0.25, -0.2) is 9.97 Å². The lowest BCUT2D eigenvalue weighted by Gasteiger charge is -2.39. The predicted molar refractivity (Wildman–Crippen MR) is 115 cm³/mol. The van der Waals surface area contributed by atoms with E-state index in [4.69, 9.17) is 0 Å². The minimum Gasteiger partial charge on any atom is -0.349 e. The monoisotopic (exact) mass is 391 g/mol. The lowest BCUT2D eigenvalue weighted by Crippen LogP contribution is -2.48. The lowest BCUT2D eigenvalue weighted by molar-refractivity contribution is 0.189. The van der Waals surface area contributed by atoms with Gasteiger partial charge in [-0.3, -0.25) is 4.99 Å². The van der Waals surface area contributed by atoms with Crippen LogP contribution in [-0.2, 0) is 13.1 Å². The van der Waals surface area contributed by atoms with E-state index in [0.29, 0.717) is 18.5 Å². The van der Waals surface area contributed by atoms with Gasteiger partial charge >= 0.3 is 0 Å². The summed E-state index contributed by atoms with van der Waals surface area (Å²) in [6, 6.07) is 10.9. The van der Waals surface area contributed by atoms with Gasteiger partial charge in [-0.2, -0.15) is 0 Å². The molecular weight excluding hydrogens is 362 g/mol. The molecule has 1 aromatic carbocycles. The number of guanidine groups is 1. The number of nitrogens with one attached hydrogen (secondary N) is 1. The van der Waals surface area contributed by atoms with E-state index < -0.39 is 0 Å². The molecule has 0 amide bonds. The van der Waals surface area contributed by atoms with Crippen molar-refractivity contribution < 1.29 is 0 Å². The summed E-state index contributed by atoms with van der Waals surface area (Å²) in [6.45, 7) is 5.72. The molecule has 7 nitrogen and oxygen atoms in total. The fourth-order valence-electron chi connectivity index (χ4n) is 4.02. The number of rotatable bonds is 5. The molecule has 1 aliphatic heterocycles. The molecule has 3 heterocycles. The first-order valence-electron chi connectivity index (χ1n) is 10.2. The number of hydrogen-bond acceptors (Lipinski definition) is 3. The molecule has 0 spiro atoms. The molecule has 4 rings (SSSR count). The highest BCUT2D eigenvalue weighted by molar-refractivity contribution is 5.79. The van der Waals surface area contributed by atoms with Crippen LogP contribution in [0, 0.1) is 5.92 Å². The van der Waals surface area contributed by atoms with Crippen LogP contribution in [-0.4, -0.2) is 50.1 Å². The number of hydrogen-bond donors (Lipinski definition) is 1. The van der Waals surface area contributed by atoms with Crippen LogP contribution in [0.5, 0.6) is 0 Å². The molecule has 1 fully saturated rings. The molecule has 152 valence electrons. The average molecular weight is 392 g/mol. The first kappa shape index (κ1) is 19.2. The maximum Gasteiger partial charge on any atom is 0.194 e. The van der Waals surface area contributed by atoms with Crippen molar-refractivity contribution in [1.82, 2.24) is 29.3 Å². The molecule has 1 saturated heterocycles. The van der Waals surface area contributed by atoms with Crippen molar-refractivity contribution in [2.45, 2.75) is 32.5 Å². The van der Waals surface area contributed by atoms with Crippen LogP contribution >= 0.6 is 0 Å². The van der Waals surface area contributed by atoms with Crippen molar-refractivity contribution >= 4 is 5.96 Å². The van der Waals surface area contributed by atoms with E-state index in [0.717, 1.165) is 37.8 Å². The van der Waals surface area contributed by atoms with Gasteiger partial charge in [0.15, 0.2) is 5.96 Å². The van der Waals surface area contributed by atoms with Crippen LogP contribution < -0.4 is 5.32 Å². The molecule has 0 radical (unpaired) electrons. The number of nitrogens with zero attached hydrogens (tertiary/aromatic N) is 6. The van der Waals surface area contributed by atoms with Crippen molar-refractivity contribution in [3.05, 3.63) is 72.8 Å². The zero-order chi connectivity index (χ0) is 20.1. The van der Waals surface area contributed by atoms with E-state index in [9.17, 15) is 0 Å². The van der Waals surface area contributed by atoms with Gasteiger partial charge in [0.2, 0.25) is 0 Å². The second kappa shape index (κ2) is 8.94. The van der Waals surface area contributed by atoms with Crippen molar-refractivity contribution in [3.8, 4) is 0 Å². The zero-order valence-corrected chi connectivity index (χ0v) is 17.1. The largest absolute Gasteiger partial charge is 0.349 e. The van der Waals surface area contributed by atoms with Gasteiger partial charge in [0.1, 0.15) is 5.82 Å². The summed E-state index contributed by atoms with van der Waals surface area (Å²) in [6.07, 6.45) is 10.9. The van der Waals surface area contributed by atoms with E-state index >= 15 is 0 Å². The molecule has 0 aliphatic carbocycles. The third-order valence-electron chi connectivity index (χ3n) is 5.74. The Kier molecular flexibility index (Phi) is 5.93. The van der Waals surface area contributed by atoms with E-state index in [1.807, 2.05) is 38.0 Å². The molecule has 2 atom stereocenters. The van der Waals surface area contributed by atoms with E-state index in [1.165, 1.54) is 5.56 Å². The lowest BCUT2D eigenvalue weighted by atomic mass is 9.93. The molecular formula is C22H29N7. The first-order valence-corrected chi connectivity index (χ1v) is 10.2. The molecule has 2 aromatic heterocycles. The van der Waals surface area contributed by atoms with E-state index in [2.05, 4.69) is 71.7 Å². The van der Waals surface area contributed by atoms with Crippen LogP contribution in [0.4, 0.5) is 0 Å². The minimum absolute atomic E-state index is 0.407. The molecule has 29 heavy (non-hydrogen) atoms. The topological polar surface area (TPSA) is 63.3 Å². The maximum absolute atomic E-state index is 4.55. The highest BCUT2D eigenvalue weighted by Crippen LogP contribution is 2.27. The molecule has 1 aliphatic rings. The molecule has 1 N–H and O–H groups in total. The third-order valence-corrected chi connectivity index (χ3v) is 5.74. The van der Waals surface area contributed by atoms with Crippen LogP contribution in [0.2, 0.25) is 0 Å². The predicted octanol–water partition coefficient (Wildman–Crippen LogP) is 2.79. The second-order valence-electron chi connectivity index (χ2n) is 7.65. The molecule has 7 heteroatoms. The van der Waals surface area contributed by atoms with Crippen LogP contribution in [0.1, 0.15) is 30.8 Å². The number of aliphatic imine (C=N–C) groups is 1. The SMILES string of the molecule is CN=C(NCc1nccn1Cc1ccccc1)N1CCC(C)C(n2ccnc2)C1. The van der Waals surface area contributed by atoms with E-state index in [-0.39, 0.29) is 0 Å². The van der Waals surface area contributed by atoms with Gasteiger partial charge in [0.25, 0.3) is 0 Å². The normalized spacial score (nSPS) is 20.1. The quantitative estimate of drug-likeness (QED) is 0.537. The summed E-state index contributed by atoms with van der Waals surface area (Å²) >= 11 is 0. The number of aromatic nitrogens is 4. The van der Waals surface area contributed by atoms with Crippen LogP contribution in [0.3, 0.4) is 0 Å². The molecule has 2 unspecified atom stereocenters. The van der Waals surface area contributed by atoms with Gasteiger partial charge in [-0.1, -0.05) is 37.3 Å². The van der Waals surface area contributed by atoms with Gasteiger partial charge < -0.3 is 19.4 Å². The highest BCUT2D eigenvalue weighted by atomic mass is 15.3. The number of piperidine rings is 1. The Morgan fingerprint density at radius 3 is 2.83 bits per heavy atom. The Morgan fingerprint density at radius 2 is 2.07 bits per heavy atom. The molecule has 0 bridgehead atoms. The van der Waals surface area contributed by atoms with Gasteiger partial charge in [-0.15, -0.1) is 0 Å². The molecule has 3 aromatic rings. The number of likely N-dealkylation sites (tertiary alicyclic amines) is 1. The summed E-state index contributed by atoms with van der Waals surface area (Å²) in [5, 5.41) is 3.52. The number of benzene rings is 1. The van der Waals surface area contributed by atoms with Crippen molar-refractivity contribution in [3.63, 3.8) is 0 Å². The average Bonchev–Trinajstić information content (AvgIpc) is 3.43. The molecule has 0 saturated carbocycles. The van der Waals surface area contributed by atoms with Crippen molar-refractivity contribution in [2.75, 3.05) is 20.1 Å².